The van der Waals surface area contributed by atoms with Crippen LogP contribution < -0.4 is 0 Å². The predicted octanol–water partition coefficient (Wildman–Crippen LogP) is 3.84. The molecule has 0 atom stereocenters. The van der Waals surface area contributed by atoms with Crippen LogP contribution in [0.1, 0.15) is 13.8 Å². The predicted molar refractivity (Wildman–Crippen MR) is 99.3 cm³/mol. The fourth-order valence-corrected chi connectivity index (χ4v) is 1.38. The number of halogens is 2. The summed E-state index contributed by atoms with van der Waals surface area (Å²) in [6.07, 6.45) is 9.20. The Morgan fingerprint density at radius 3 is 1.27 bits per heavy atom. The van der Waals surface area contributed by atoms with Gasteiger partial charge in [0.1, 0.15) is 12.2 Å². The quantitative estimate of drug-likeness (QED) is 0.223. The summed E-state index contributed by atoms with van der Waals surface area (Å²) in [4.78, 5) is 0. The van der Waals surface area contributed by atoms with E-state index in [0.717, 1.165) is 0 Å². The van der Waals surface area contributed by atoms with Gasteiger partial charge in [-0.15, -0.1) is 36.3 Å². The first-order valence-corrected chi connectivity index (χ1v) is 6.24. The van der Waals surface area contributed by atoms with E-state index in [0.29, 0.717) is 22.6 Å². The maximum absolute atomic E-state index is 10.0. The smallest absolute Gasteiger partial charge is 0.792 e. The van der Waals surface area contributed by atoms with E-state index < -0.39 is 0 Å². The molecule has 0 amide bonds. The fraction of sp³-hybridized carbons (Fsp3) is 0.125. The first-order valence-electron chi connectivity index (χ1n) is 6.24. The molecular formula is C16H16Cl2N2O4Pd2+2. The molecule has 146 valence electrons. The molecule has 2 aliphatic rings. The van der Waals surface area contributed by atoms with Crippen LogP contribution in [0.5, 0.6) is 0 Å². The van der Waals surface area contributed by atoms with Crippen molar-refractivity contribution in [3.05, 3.63) is 81.7 Å². The number of aliphatic hydroxyl groups excluding tert-OH is 2. The van der Waals surface area contributed by atoms with Crippen LogP contribution in [0, 0.1) is 22.6 Å². The second-order valence-electron chi connectivity index (χ2n) is 4.27. The summed E-state index contributed by atoms with van der Waals surface area (Å²) in [5.74, 6) is 0. The van der Waals surface area contributed by atoms with E-state index in [9.17, 15) is 10.4 Å². The van der Waals surface area contributed by atoms with Crippen molar-refractivity contribution in [1.82, 2.24) is 0 Å². The van der Waals surface area contributed by atoms with Gasteiger partial charge in [-0.25, -0.2) is 0 Å². The average molecular weight is 584 g/mol. The van der Waals surface area contributed by atoms with Crippen molar-refractivity contribution in [1.29, 1.82) is 0 Å². The van der Waals surface area contributed by atoms with Gasteiger partial charge in [-0.05, 0) is 50.3 Å². The van der Waals surface area contributed by atoms with Crippen LogP contribution in [0.3, 0.4) is 0 Å². The van der Waals surface area contributed by atoms with Crippen molar-refractivity contribution in [2.45, 2.75) is 13.8 Å². The maximum atomic E-state index is 10.0. The molecule has 2 rings (SSSR count). The van der Waals surface area contributed by atoms with Crippen LogP contribution in [0.4, 0.5) is 0 Å². The molecule has 0 fully saturated rings. The minimum Gasteiger partial charge on any atom is -0.792 e. The molecular weight excluding hydrogens is 568 g/mol. The Kier molecular flexibility index (Phi) is 22.4. The average Bonchev–Trinajstić information content (AvgIpc) is 2.55. The Morgan fingerprint density at radius 2 is 1.08 bits per heavy atom. The minimum atomic E-state index is 0. The van der Waals surface area contributed by atoms with Gasteiger partial charge in [0.05, 0.1) is 0 Å². The van der Waals surface area contributed by atoms with Gasteiger partial charge in [-0.3, -0.25) is 0 Å². The van der Waals surface area contributed by atoms with E-state index in [-0.39, 0.29) is 77.9 Å². The van der Waals surface area contributed by atoms with Crippen LogP contribution in [0.15, 0.2) is 69.4 Å². The summed E-state index contributed by atoms with van der Waals surface area (Å²) in [5, 5.41) is 43.2. The third kappa shape index (κ3) is 11.8. The van der Waals surface area contributed by atoms with Gasteiger partial charge in [-0.1, -0.05) is 0 Å². The van der Waals surface area contributed by atoms with Gasteiger partial charge in [0, 0.05) is 22.6 Å². The fourth-order valence-electron chi connectivity index (χ4n) is 1.38. The minimum absolute atomic E-state index is 0. The van der Waals surface area contributed by atoms with E-state index in [4.69, 9.17) is 10.2 Å². The molecule has 0 heterocycles. The molecule has 0 aromatic carbocycles. The third-order valence-electron chi connectivity index (χ3n) is 2.65. The molecule has 0 saturated heterocycles. The Morgan fingerprint density at radius 1 is 0.769 bits per heavy atom. The molecule has 26 heavy (non-hydrogen) atoms. The molecule has 2 aliphatic carbocycles. The van der Waals surface area contributed by atoms with E-state index in [1.165, 1.54) is 24.3 Å². The molecule has 2 radical (unpaired) electrons. The number of hydrogen-bond donors (Lipinski definition) is 2. The SMILES string of the molecule is C/C(=N/[O-])C1=C=C[C](O)C=C1.C/C(=N/[O-])C1=C=C[C](O)C=C1.Cl.Cl.[Pd+2].[Pd+2]. The van der Waals surface area contributed by atoms with E-state index in [1.54, 1.807) is 26.0 Å². The summed E-state index contributed by atoms with van der Waals surface area (Å²) in [5.41, 5.74) is 7.36. The first-order chi connectivity index (χ1) is 10.5. The summed E-state index contributed by atoms with van der Waals surface area (Å²) in [6, 6.07) is 0. The van der Waals surface area contributed by atoms with E-state index in [1.807, 2.05) is 0 Å². The third-order valence-corrected chi connectivity index (χ3v) is 2.65. The topological polar surface area (TPSA) is 111 Å². The van der Waals surface area contributed by atoms with Gasteiger partial charge in [0.15, 0.2) is 0 Å². The summed E-state index contributed by atoms with van der Waals surface area (Å²) in [7, 11) is 0. The first kappa shape index (κ1) is 32.9. The second kappa shape index (κ2) is 17.7. The van der Waals surface area contributed by atoms with Gasteiger partial charge in [-0.2, -0.15) is 0 Å². The number of hydrogen-bond acceptors (Lipinski definition) is 6. The van der Waals surface area contributed by atoms with Gasteiger partial charge in [0.2, 0.25) is 0 Å². The Labute approximate surface area is 192 Å². The van der Waals surface area contributed by atoms with E-state index >= 15 is 0 Å². The zero-order valence-corrected chi connectivity index (χ0v) is 18.3. The van der Waals surface area contributed by atoms with Crippen LogP contribution in [0.25, 0.3) is 0 Å². The molecule has 0 unspecified atom stereocenters. The Balaban J connectivity index is -0.000000161. The summed E-state index contributed by atoms with van der Waals surface area (Å²) >= 11 is 0. The van der Waals surface area contributed by atoms with E-state index in [2.05, 4.69) is 21.8 Å². The summed E-state index contributed by atoms with van der Waals surface area (Å²) in [6.45, 7) is 3.19. The van der Waals surface area contributed by atoms with Crippen LogP contribution in [-0.2, 0) is 40.8 Å². The number of nitrogens with zero attached hydrogens (tertiary/aromatic N) is 2. The van der Waals surface area contributed by atoms with Crippen molar-refractivity contribution in [3.8, 4) is 0 Å². The molecule has 0 spiro atoms. The number of allylic oxidation sites excluding steroid dienone is 2. The standard InChI is InChI=1S/2C8H8NO2.2ClH.2Pd/c2*1-6(9-11)7-2-4-8(10)5-3-7;;;;/h2*2,4-5,10-11H,1H3;2*1H;;/q;;;;2*+2/p-2/b2*9-6-;;;;. The molecule has 10 heteroatoms. The Bertz CT molecular complexity index is 618. The van der Waals surface area contributed by atoms with Crippen LogP contribution >= 0.6 is 24.8 Å². The molecule has 2 N–H and O–H groups in total. The van der Waals surface area contributed by atoms with Gasteiger partial charge in [0.25, 0.3) is 0 Å². The van der Waals surface area contributed by atoms with Crippen LogP contribution in [0.2, 0.25) is 0 Å². The summed E-state index contributed by atoms with van der Waals surface area (Å²) < 4.78 is 0. The van der Waals surface area contributed by atoms with Crippen molar-refractivity contribution in [2.75, 3.05) is 0 Å². The van der Waals surface area contributed by atoms with Crippen LogP contribution in [-0.4, -0.2) is 21.6 Å². The van der Waals surface area contributed by atoms with Gasteiger partial charge >= 0.3 is 40.8 Å². The van der Waals surface area contributed by atoms with Crippen molar-refractivity contribution < 1.29 is 51.1 Å². The monoisotopic (exact) mass is 582 g/mol. The van der Waals surface area contributed by atoms with Crippen molar-refractivity contribution in [3.63, 3.8) is 0 Å². The van der Waals surface area contributed by atoms with Crippen molar-refractivity contribution >= 4 is 36.2 Å². The zero-order chi connectivity index (χ0) is 16.5. The zero-order valence-electron chi connectivity index (χ0n) is 13.5. The Hall–Kier alpha value is -0.715. The molecule has 0 aromatic rings. The van der Waals surface area contributed by atoms with Crippen molar-refractivity contribution in [2.24, 2.45) is 10.3 Å². The maximum Gasteiger partial charge on any atom is 2.00 e. The van der Waals surface area contributed by atoms with Gasteiger partial charge < -0.3 is 30.9 Å². The molecule has 0 aromatic heterocycles. The normalized spacial score (nSPS) is 15.8. The molecule has 0 saturated carbocycles. The second-order valence-corrected chi connectivity index (χ2v) is 4.27. The number of rotatable bonds is 2. The molecule has 0 bridgehead atoms. The molecule has 6 nitrogen and oxygen atoms in total. The number of aliphatic hydroxyl groups is 2. The molecule has 0 aliphatic heterocycles. The largest absolute Gasteiger partial charge is 2.00 e.